The Balaban J connectivity index is 2.37. The van der Waals surface area contributed by atoms with Gasteiger partial charge in [0.25, 0.3) is 0 Å². The van der Waals surface area contributed by atoms with Crippen LogP contribution in [0.3, 0.4) is 0 Å². The highest BCUT2D eigenvalue weighted by molar-refractivity contribution is 7.08. The predicted molar refractivity (Wildman–Crippen MR) is 66.2 cm³/mol. The van der Waals surface area contributed by atoms with E-state index in [-0.39, 0.29) is 5.92 Å². The van der Waals surface area contributed by atoms with Crippen molar-refractivity contribution in [1.29, 1.82) is 0 Å². The molecule has 0 aromatic carbocycles. The van der Waals surface area contributed by atoms with E-state index in [1.54, 1.807) is 11.3 Å². The van der Waals surface area contributed by atoms with E-state index in [0.29, 0.717) is 6.54 Å². The van der Waals surface area contributed by atoms with Crippen molar-refractivity contribution in [2.45, 2.75) is 39.8 Å². The molecule has 0 fully saturated rings. The molecule has 2 N–H and O–H groups in total. The van der Waals surface area contributed by atoms with Gasteiger partial charge in [0, 0.05) is 13.1 Å². The summed E-state index contributed by atoms with van der Waals surface area (Å²) in [5.74, 6) is 0.272. The van der Waals surface area contributed by atoms with Crippen LogP contribution in [0.4, 0.5) is 0 Å². The largest absolute Gasteiger partial charge is 0.389 e. The van der Waals surface area contributed by atoms with Crippen LogP contribution in [0.5, 0.6) is 0 Å². The molecular weight excluding hydrogens is 206 g/mol. The van der Waals surface area contributed by atoms with E-state index in [2.05, 4.69) is 23.0 Å². The Hall–Kier alpha value is -0.380. The van der Waals surface area contributed by atoms with Crippen LogP contribution >= 0.6 is 11.3 Å². The molecule has 15 heavy (non-hydrogen) atoms. The molecule has 1 rings (SSSR count). The maximum absolute atomic E-state index is 10.0. The molecule has 0 spiro atoms. The summed E-state index contributed by atoms with van der Waals surface area (Å²) in [7, 11) is 0. The van der Waals surface area contributed by atoms with Gasteiger partial charge in [0.1, 0.15) is 0 Å². The highest BCUT2D eigenvalue weighted by Crippen LogP contribution is 2.16. The monoisotopic (exact) mass is 227 g/mol. The molecule has 0 amide bonds. The molecule has 0 saturated carbocycles. The second kappa shape index (κ2) is 5.10. The summed E-state index contributed by atoms with van der Waals surface area (Å²) >= 11 is 1.73. The average Bonchev–Trinajstić information content (AvgIpc) is 2.51. The Morgan fingerprint density at radius 2 is 2.13 bits per heavy atom. The van der Waals surface area contributed by atoms with Crippen LogP contribution in [0.25, 0.3) is 0 Å². The van der Waals surface area contributed by atoms with Gasteiger partial charge in [-0.1, -0.05) is 13.8 Å². The molecule has 0 bridgehead atoms. The van der Waals surface area contributed by atoms with Gasteiger partial charge in [0.05, 0.1) is 5.60 Å². The van der Waals surface area contributed by atoms with Crippen molar-refractivity contribution in [3.8, 4) is 0 Å². The molecule has 3 heteroatoms. The number of rotatable bonds is 5. The van der Waals surface area contributed by atoms with Gasteiger partial charge in [-0.2, -0.15) is 11.3 Å². The van der Waals surface area contributed by atoms with Crippen LogP contribution in [0.15, 0.2) is 10.8 Å². The lowest BCUT2D eigenvalue weighted by Crippen LogP contribution is -2.41. The lowest BCUT2D eigenvalue weighted by molar-refractivity contribution is 0.0140. The number of aryl methyl sites for hydroxylation is 1. The molecule has 0 aliphatic carbocycles. The van der Waals surface area contributed by atoms with E-state index < -0.39 is 5.60 Å². The first-order valence-corrected chi connectivity index (χ1v) is 6.32. The zero-order valence-corrected chi connectivity index (χ0v) is 10.8. The van der Waals surface area contributed by atoms with Crippen molar-refractivity contribution in [3.05, 3.63) is 21.9 Å². The van der Waals surface area contributed by atoms with E-state index in [9.17, 15) is 5.11 Å². The van der Waals surface area contributed by atoms with E-state index in [1.807, 2.05) is 20.8 Å². The summed E-state index contributed by atoms with van der Waals surface area (Å²) in [4.78, 5) is 0. The van der Waals surface area contributed by atoms with Gasteiger partial charge in [-0.05, 0) is 41.7 Å². The first-order valence-electron chi connectivity index (χ1n) is 5.38. The number of aliphatic hydroxyl groups is 1. The van der Waals surface area contributed by atoms with E-state index in [1.165, 1.54) is 11.1 Å². The van der Waals surface area contributed by atoms with Crippen LogP contribution in [0.1, 0.15) is 31.9 Å². The highest BCUT2D eigenvalue weighted by atomic mass is 32.1. The molecule has 0 saturated heterocycles. The minimum atomic E-state index is -0.621. The molecule has 1 heterocycles. The highest BCUT2D eigenvalue weighted by Gasteiger charge is 2.23. The van der Waals surface area contributed by atoms with Gasteiger partial charge in [-0.3, -0.25) is 0 Å². The lowest BCUT2D eigenvalue weighted by Gasteiger charge is -2.28. The van der Waals surface area contributed by atoms with Crippen LogP contribution in [0.2, 0.25) is 0 Å². The number of hydrogen-bond donors (Lipinski definition) is 2. The van der Waals surface area contributed by atoms with Crippen LogP contribution in [-0.2, 0) is 6.54 Å². The maximum Gasteiger partial charge on any atom is 0.0766 e. The zero-order chi connectivity index (χ0) is 11.5. The summed E-state index contributed by atoms with van der Waals surface area (Å²) in [6, 6.07) is 0. The molecule has 1 unspecified atom stereocenters. The third kappa shape index (κ3) is 3.59. The maximum atomic E-state index is 10.0. The summed E-state index contributed by atoms with van der Waals surface area (Å²) < 4.78 is 0. The van der Waals surface area contributed by atoms with Crippen LogP contribution in [0, 0.1) is 12.8 Å². The van der Waals surface area contributed by atoms with Gasteiger partial charge in [0.2, 0.25) is 0 Å². The molecule has 1 aromatic heterocycles. The molecule has 0 radical (unpaired) electrons. The smallest absolute Gasteiger partial charge is 0.0766 e. The van der Waals surface area contributed by atoms with Crippen molar-refractivity contribution in [2.24, 2.45) is 5.92 Å². The molecule has 2 nitrogen and oxygen atoms in total. The Morgan fingerprint density at radius 3 is 2.60 bits per heavy atom. The van der Waals surface area contributed by atoms with Gasteiger partial charge in [-0.25, -0.2) is 0 Å². The lowest BCUT2D eigenvalue weighted by atomic mass is 9.92. The standard InChI is InChI=1S/C12H21NOS/c1-9(2)12(4,14)8-13-5-11-7-15-6-10(11)3/h6-7,9,13-14H,5,8H2,1-4H3. The predicted octanol–water partition coefficient (Wildman–Crippen LogP) is 2.55. The minimum Gasteiger partial charge on any atom is -0.389 e. The molecule has 86 valence electrons. The fourth-order valence-electron chi connectivity index (χ4n) is 1.22. The van der Waals surface area contributed by atoms with Crippen molar-refractivity contribution in [2.75, 3.05) is 6.54 Å². The fourth-order valence-corrected chi connectivity index (χ4v) is 2.08. The molecular formula is C12H21NOS. The molecule has 0 aliphatic heterocycles. The fraction of sp³-hybridized carbons (Fsp3) is 0.667. The Labute approximate surface area is 96.3 Å². The van der Waals surface area contributed by atoms with Crippen molar-refractivity contribution in [1.82, 2.24) is 5.32 Å². The summed E-state index contributed by atoms with van der Waals surface area (Å²) in [6.07, 6.45) is 0. The van der Waals surface area contributed by atoms with Gasteiger partial charge < -0.3 is 10.4 Å². The third-order valence-corrected chi connectivity index (χ3v) is 3.91. The number of hydrogen-bond acceptors (Lipinski definition) is 3. The van der Waals surface area contributed by atoms with Gasteiger partial charge in [-0.15, -0.1) is 0 Å². The Morgan fingerprint density at radius 1 is 1.47 bits per heavy atom. The molecule has 1 aromatic rings. The first kappa shape index (κ1) is 12.7. The number of nitrogens with one attached hydrogen (secondary N) is 1. The average molecular weight is 227 g/mol. The number of thiophene rings is 1. The Kier molecular flexibility index (Phi) is 4.32. The molecule has 1 atom stereocenters. The topological polar surface area (TPSA) is 32.3 Å². The summed E-state index contributed by atoms with van der Waals surface area (Å²) in [5, 5.41) is 17.6. The van der Waals surface area contributed by atoms with Crippen molar-refractivity contribution < 1.29 is 5.11 Å². The SMILES string of the molecule is Cc1cscc1CNCC(C)(O)C(C)C. The van der Waals surface area contributed by atoms with E-state index in [4.69, 9.17) is 0 Å². The zero-order valence-electron chi connectivity index (χ0n) is 10.0. The van der Waals surface area contributed by atoms with Gasteiger partial charge >= 0.3 is 0 Å². The summed E-state index contributed by atoms with van der Waals surface area (Å²) in [5.41, 5.74) is 2.04. The Bertz CT molecular complexity index is 304. The van der Waals surface area contributed by atoms with Crippen LogP contribution in [-0.4, -0.2) is 17.3 Å². The van der Waals surface area contributed by atoms with Crippen molar-refractivity contribution >= 4 is 11.3 Å². The normalized spacial score (nSPS) is 15.6. The second-order valence-electron chi connectivity index (χ2n) is 4.70. The molecule has 0 aliphatic rings. The minimum absolute atomic E-state index is 0.272. The quantitative estimate of drug-likeness (QED) is 0.810. The third-order valence-electron chi connectivity index (χ3n) is 3.00. The first-order chi connectivity index (χ1) is 6.93. The van der Waals surface area contributed by atoms with E-state index >= 15 is 0 Å². The van der Waals surface area contributed by atoms with Crippen LogP contribution < -0.4 is 5.32 Å². The van der Waals surface area contributed by atoms with Crippen molar-refractivity contribution in [3.63, 3.8) is 0 Å². The second-order valence-corrected chi connectivity index (χ2v) is 5.44. The van der Waals surface area contributed by atoms with E-state index in [0.717, 1.165) is 6.54 Å². The van der Waals surface area contributed by atoms with Gasteiger partial charge in [0.15, 0.2) is 0 Å². The summed E-state index contributed by atoms with van der Waals surface area (Å²) in [6.45, 7) is 9.56.